The number of hydrogen-bond acceptors (Lipinski definition) is 2. The molecule has 1 N–H and O–H groups in total. The van der Waals surface area contributed by atoms with Crippen LogP contribution in [0.25, 0.3) is 0 Å². The molecular formula is C17H18F7NO2S. The van der Waals surface area contributed by atoms with E-state index in [1.165, 1.54) is 0 Å². The van der Waals surface area contributed by atoms with Crippen LogP contribution in [0.4, 0.5) is 30.7 Å². The molecule has 3 nitrogen and oxygen atoms in total. The number of alkyl halides is 7. The van der Waals surface area contributed by atoms with E-state index in [1.54, 1.807) is 0 Å². The minimum absolute atomic E-state index is 0.103. The molecule has 158 valence electrons. The fourth-order valence-electron chi connectivity index (χ4n) is 4.49. The summed E-state index contributed by atoms with van der Waals surface area (Å²) >= 11 is 0. The molecule has 0 aliphatic heterocycles. The van der Waals surface area contributed by atoms with Gasteiger partial charge in [0.2, 0.25) is 10.0 Å². The van der Waals surface area contributed by atoms with Crippen LogP contribution in [-0.4, -0.2) is 33.1 Å². The van der Waals surface area contributed by atoms with Crippen LogP contribution in [0.2, 0.25) is 0 Å². The summed E-state index contributed by atoms with van der Waals surface area (Å²) in [5.74, 6) is -0.295. The zero-order valence-corrected chi connectivity index (χ0v) is 15.5. The van der Waals surface area contributed by atoms with Gasteiger partial charge in [0.25, 0.3) is 0 Å². The third-order valence-electron chi connectivity index (χ3n) is 5.66. The average Bonchev–Trinajstić information content (AvgIpc) is 2.92. The number of sulfonamides is 1. The summed E-state index contributed by atoms with van der Waals surface area (Å²) in [6.45, 7) is 0. The second-order valence-corrected chi connectivity index (χ2v) is 9.23. The highest BCUT2D eigenvalue weighted by Crippen LogP contribution is 2.54. The Kier molecular flexibility index (Phi) is 5.02. The molecule has 1 saturated carbocycles. The number of rotatable bonds is 3. The number of nitrogens with one attached hydrogen (secondary N) is 1. The van der Waals surface area contributed by atoms with Gasteiger partial charge in [-0.15, -0.1) is 0 Å². The van der Waals surface area contributed by atoms with Crippen molar-refractivity contribution in [3.8, 4) is 0 Å². The molecule has 1 aromatic rings. The highest BCUT2D eigenvalue weighted by Gasteiger charge is 2.73. The molecule has 3 rings (SSSR count). The fraction of sp³-hybridized carbons (Fsp3) is 0.647. The van der Waals surface area contributed by atoms with Gasteiger partial charge in [0, 0.05) is 11.6 Å². The molecule has 0 radical (unpaired) electrons. The minimum atomic E-state index is -6.14. The predicted octanol–water partition coefficient (Wildman–Crippen LogP) is 4.33. The molecule has 0 spiro atoms. The lowest BCUT2D eigenvalue weighted by Crippen LogP contribution is -2.50. The minimum Gasteiger partial charge on any atom is -0.218 e. The van der Waals surface area contributed by atoms with Gasteiger partial charge in [-0.3, -0.25) is 0 Å². The number of benzene rings is 1. The summed E-state index contributed by atoms with van der Waals surface area (Å²) in [4.78, 5) is 0. The maximum Gasteiger partial charge on any atom is 0.435 e. The highest BCUT2D eigenvalue weighted by molar-refractivity contribution is 7.88. The summed E-state index contributed by atoms with van der Waals surface area (Å²) in [6.07, 6.45) is -9.66. The average molecular weight is 433 g/mol. The standard InChI is InChI=1S/C17H18F7NO2S/c1-28(26,27)25-14-7-6-12-11-5-3-10(8-9(11)2-4-13(12)14)15(18,16(19,20)21)17(22,23)24/h3,5,8,12-14,25H,2,4,6-7H2,1H3/t12-,13+,14+/m0/s1. The lowest BCUT2D eigenvalue weighted by atomic mass is 9.75. The first-order chi connectivity index (χ1) is 12.6. The zero-order chi connectivity index (χ0) is 21.1. The third-order valence-corrected chi connectivity index (χ3v) is 6.39. The first-order valence-corrected chi connectivity index (χ1v) is 10.5. The van der Waals surface area contributed by atoms with Crippen molar-refractivity contribution in [1.29, 1.82) is 0 Å². The van der Waals surface area contributed by atoms with Gasteiger partial charge >= 0.3 is 18.0 Å². The Hall–Kier alpha value is -1.36. The molecule has 0 unspecified atom stereocenters. The predicted molar refractivity (Wildman–Crippen MR) is 86.9 cm³/mol. The number of hydrogen-bond donors (Lipinski definition) is 1. The van der Waals surface area contributed by atoms with Gasteiger partial charge < -0.3 is 0 Å². The van der Waals surface area contributed by atoms with Gasteiger partial charge in [-0.1, -0.05) is 18.2 Å². The first kappa shape index (κ1) is 21.4. The maximum absolute atomic E-state index is 14.3. The topological polar surface area (TPSA) is 46.2 Å². The van der Waals surface area contributed by atoms with Crippen LogP contribution in [0.15, 0.2) is 18.2 Å². The number of halogens is 7. The second-order valence-electron chi connectivity index (χ2n) is 7.45. The summed E-state index contributed by atoms with van der Waals surface area (Å²) in [5.41, 5.74) is -6.12. The van der Waals surface area contributed by atoms with Crippen molar-refractivity contribution >= 4 is 10.0 Å². The maximum atomic E-state index is 14.3. The van der Waals surface area contributed by atoms with E-state index in [0.29, 0.717) is 37.0 Å². The monoisotopic (exact) mass is 433 g/mol. The van der Waals surface area contributed by atoms with Gasteiger partial charge in [0.15, 0.2) is 0 Å². The van der Waals surface area contributed by atoms with Crippen molar-refractivity contribution in [2.45, 2.75) is 55.7 Å². The molecule has 0 heterocycles. The molecule has 28 heavy (non-hydrogen) atoms. The molecule has 2 aliphatic carbocycles. The fourth-order valence-corrected chi connectivity index (χ4v) is 5.33. The Morgan fingerprint density at radius 1 is 0.964 bits per heavy atom. The summed E-state index contributed by atoms with van der Waals surface area (Å²) < 4.78 is 118. The molecule has 3 atom stereocenters. The molecule has 2 aliphatic rings. The molecule has 0 amide bonds. The molecular weight excluding hydrogens is 415 g/mol. The van der Waals surface area contributed by atoms with Crippen molar-refractivity contribution in [2.75, 3.05) is 6.26 Å². The van der Waals surface area contributed by atoms with E-state index in [9.17, 15) is 39.2 Å². The van der Waals surface area contributed by atoms with Crippen molar-refractivity contribution in [3.63, 3.8) is 0 Å². The van der Waals surface area contributed by atoms with Gasteiger partial charge in [0.05, 0.1) is 6.26 Å². The number of aryl methyl sites for hydroxylation is 1. The SMILES string of the molecule is CS(=O)(=O)N[C@@H]1CC[C@H]2c3ccc(C(F)(C(F)(F)F)C(F)(F)F)cc3CC[C@@H]12. The third kappa shape index (κ3) is 3.51. The van der Waals surface area contributed by atoms with E-state index in [4.69, 9.17) is 0 Å². The molecule has 11 heteroatoms. The lowest BCUT2D eigenvalue weighted by Gasteiger charge is -2.34. The van der Waals surface area contributed by atoms with E-state index in [2.05, 4.69) is 4.72 Å². The summed E-state index contributed by atoms with van der Waals surface area (Å²) in [5, 5.41) is 0. The zero-order valence-electron chi connectivity index (χ0n) is 14.7. The van der Waals surface area contributed by atoms with E-state index in [-0.39, 0.29) is 29.9 Å². The normalized spacial score (nSPS) is 26.1. The Bertz CT molecular complexity index is 849. The van der Waals surface area contributed by atoms with Crippen LogP contribution in [0.3, 0.4) is 0 Å². The van der Waals surface area contributed by atoms with Crippen LogP contribution in [-0.2, 0) is 22.1 Å². The second kappa shape index (κ2) is 6.58. The van der Waals surface area contributed by atoms with Crippen LogP contribution in [0, 0.1) is 5.92 Å². The Morgan fingerprint density at radius 3 is 2.11 bits per heavy atom. The van der Waals surface area contributed by atoms with Crippen LogP contribution in [0.5, 0.6) is 0 Å². The van der Waals surface area contributed by atoms with Crippen molar-refractivity contribution in [3.05, 3.63) is 34.9 Å². The highest BCUT2D eigenvalue weighted by atomic mass is 32.2. The van der Waals surface area contributed by atoms with Gasteiger partial charge in [0.1, 0.15) is 0 Å². The van der Waals surface area contributed by atoms with Crippen molar-refractivity contribution < 1.29 is 39.2 Å². The van der Waals surface area contributed by atoms with E-state index < -0.39 is 33.6 Å². The largest absolute Gasteiger partial charge is 0.435 e. The molecule has 1 aromatic carbocycles. The van der Waals surface area contributed by atoms with Gasteiger partial charge in [-0.05, 0) is 48.6 Å². The van der Waals surface area contributed by atoms with Gasteiger partial charge in [-0.25, -0.2) is 17.5 Å². The van der Waals surface area contributed by atoms with Crippen molar-refractivity contribution in [2.24, 2.45) is 5.92 Å². The molecule has 0 aromatic heterocycles. The summed E-state index contributed by atoms with van der Waals surface area (Å²) in [7, 11) is -3.44. The molecule has 0 saturated heterocycles. The quantitative estimate of drug-likeness (QED) is 0.722. The van der Waals surface area contributed by atoms with Crippen LogP contribution in [0.1, 0.15) is 41.9 Å². The van der Waals surface area contributed by atoms with E-state index >= 15 is 0 Å². The van der Waals surface area contributed by atoms with Crippen LogP contribution >= 0.6 is 0 Å². The van der Waals surface area contributed by atoms with E-state index in [1.807, 2.05) is 0 Å². The first-order valence-electron chi connectivity index (χ1n) is 8.58. The van der Waals surface area contributed by atoms with Crippen LogP contribution < -0.4 is 4.72 Å². The van der Waals surface area contributed by atoms with Crippen molar-refractivity contribution in [1.82, 2.24) is 4.72 Å². The molecule has 0 bridgehead atoms. The van der Waals surface area contributed by atoms with E-state index in [0.717, 1.165) is 12.3 Å². The number of fused-ring (bicyclic) bond motifs is 3. The Balaban J connectivity index is 1.97. The van der Waals surface area contributed by atoms with Gasteiger partial charge in [-0.2, -0.15) is 26.3 Å². The Labute approximate surface area is 157 Å². The summed E-state index contributed by atoms with van der Waals surface area (Å²) in [6, 6.07) is 1.98. The molecule has 1 fully saturated rings. The smallest absolute Gasteiger partial charge is 0.218 e. The Morgan fingerprint density at radius 2 is 1.57 bits per heavy atom. The lowest BCUT2D eigenvalue weighted by molar-refractivity contribution is -0.348.